The largest absolute Gasteiger partial charge is 0.338 e. The number of hydrogen-bond donors (Lipinski definition) is 3. The van der Waals surface area contributed by atoms with Crippen molar-refractivity contribution in [2.45, 2.75) is 48.0 Å². The monoisotopic (exact) mass is 388 g/mol. The molecule has 0 saturated carbocycles. The summed E-state index contributed by atoms with van der Waals surface area (Å²) in [7, 11) is 0. The van der Waals surface area contributed by atoms with E-state index < -0.39 is 0 Å². The van der Waals surface area contributed by atoms with Gasteiger partial charge in [0.15, 0.2) is 5.13 Å². The van der Waals surface area contributed by atoms with Gasteiger partial charge in [-0.3, -0.25) is 10.1 Å². The molecule has 0 spiro atoms. The summed E-state index contributed by atoms with van der Waals surface area (Å²) in [4.78, 5) is 29.5. The topological polar surface area (TPSA) is 83.1 Å². The molecule has 0 radical (unpaired) electrons. The second-order valence-corrected chi connectivity index (χ2v) is 8.01. The van der Waals surface area contributed by atoms with Crippen molar-refractivity contribution in [1.29, 1.82) is 0 Å². The quantitative estimate of drug-likeness (QED) is 0.665. The number of carbonyl (C=O) groups excluding carboxylic acids is 2. The van der Waals surface area contributed by atoms with E-state index in [4.69, 9.17) is 0 Å². The molecule has 1 heterocycles. The molecular weight excluding hydrogens is 360 g/mol. The van der Waals surface area contributed by atoms with Gasteiger partial charge in [0, 0.05) is 12.2 Å². The minimum Gasteiger partial charge on any atom is -0.338 e. The van der Waals surface area contributed by atoms with Gasteiger partial charge in [-0.15, -0.1) is 0 Å². The van der Waals surface area contributed by atoms with Crippen LogP contribution in [0.3, 0.4) is 0 Å². The SMILES string of the molecule is CCC(C)CNC(=O)Nc1nc(C)c(C(=O)Nc2c(C)cc(C)cc2C)s1. The van der Waals surface area contributed by atoms with Crippen LogP contribution < -0.4 is 16.0 Å². The molecule has 0 saturated heterocycles. The lowest BCUT2D eigenvalue weighted by Gasteiger charge is -2.12. The minimum atomic E-state index is -0.304. The van der Waals surface area contributed by atoms with E-state index in [9.17, 15) is 9.59 Å². The maximum absolute atomic E-state index is 12.7. The standard InChI is InChI=1S/C20H28N4O2S/c1-7-11(2)10-21-19(26)24-20-22-15(6)17(27-20)18(25)23-16-13(4)8-12(3)9-14(16)5/h8-9,11H,7,10H2,1-6H3,(H,23,25)(H2,21,22,24,26). The van der Waals surface area contributed by atoms with Crippen molar-refractivity contribution in [3.63, 3.8) is 0 Å². The van der Waals surface area contributed by atoms with Crippen LogP contribution in [0.5, 0.6) is 0 Å². The molecular formula is C20H28N4O2S. The first-order chi connectivity index (χ1) is 12.7. The number of anilines is 2. The Hall–Kier alpha value is -2.41. The summed E-state index contributed by atoms with van der Waals surface area (Å²) >= 11 is 1.17. The predicted molar refractivity (Wildman–Crippen MR) is 112 cm³/mol. The van der Waals surface area contributed by atoms with Crippen molar-refractivity contribution < 1.29 is 9.59 Å². The van der Waals surface area contributed by atoms with E-state index in [0.717, 1.165) is 28.8 Å². The number of nitrogens with zero attached hydrogens (tertiary/aromatic N) is 1. The van der Waals surface area contributed by atoms with E-state index in [1.165, 1.54) is 11.3 Å². The number of amides is 3. The fraction of sp³-hybridized carbons (Fsp3) is 0.450. The number of aryl methyl sites for hydroxylation is 4. The van der Waals surface area contributed by atoms with Crippen LogP contribution in [0.25, 0.3) is 0 Å². The number of urea groups is 1. The number of benzene rings is 1. The van der Waals surface area contributed by atoms with Crippen LogP contribution in [0.2, 0.25) is 0 Å². The van der Waals surface area contributed by atoms with Crippen LogP contribution in [-0.4, -0.2) is 23.5 Å². The highest BCUT2D eigenvalue weighted by molar-refractivity contribution is 7.17. The normalized spacial score (nSPS) is 11.8. The number of nitrogens with one attached hydrogen (secondary N) is 3. The van der Waals surface area contributed by atoms with Crippen LogP contribution >= 0.6 is 11.3 Å². The molecule has 1 aromatic carbocycles. The van der Waals surface area contributed by atoms with Crippen LogP contribution in [-0.2, 0) is 0 Å². The summed E-state index contributed by atoms with van der Waals surface area (Å²) in [5, 5.41) is 8.92. The Morgan fingerprint density at radius 1 is 1.11 bits per heavy atom. The van der Waals surface area contributed by atoms with Gasteiger partial charge in [-0.2, -0.15) is 0 Å². The maximum Gasteiger partial charge on any atom is 0.321 e. The predicted octanol–water partition coefficient (Wildman–Crippen LogP) is 4.80. The average molecular weight is 389 g/mol. The summed E-state index contributed by atoms with van der Waals surface area (Å²) < 4.78 is 0. The van der Waals surface area contributed by atoms with Gasteiger partial charge in [-0.25, -0.2) is 9.78 Å². The van der Waals surface area contributed by atoms with Crippen molar-refractivity contribution in [3.8, 4) is 0 Å². The molecule has 146 valence electrons. The molecule has 3 amide bonds. The molecule has 0 aliphatic carbocycles. The van der Waals surface area contributed by atoms with E-state index in [2.05, 4.69) is 34.8 Å². The summed E-state index contributed by atoms with van der Waals surface area (Å²) in [5.74, 6) is 0.198. The summed E-state index contributed by atoms with van der Waals surface area (Å²) in [6.45, 7) is 12.5. The number of aromatic nitrogens is 1. The summed E-state index contributed by atoms with van der Waals surface area (Å²) in [6.07, 6.45) is 0.999. The molecule has 27 heavy (non-hydrogen) atoms. The molecule has 1 atom stereocenters. The van der Waals surface area contributed by atoms with Gasteiger partial charge >= 0.3 is 6.03 Å². The smallest absolute Gasteiger partial charge is 0.321 e. The van der Waals surface area contributed by atoms with Gasteiger partial charge < -0.3 is 10.6 Å². The molecule has 0 bridgehead atoms. The van der Waals surface area contributed by atoms with Crippen LogP contribution in [0, 0.1) is 33.6 Å². The van der Waals surface area contributed by atoms with Crippen LogP contribution in [0.1, 0.15) is 52.3 Å². The zero-order valence-corrected chi connectivity index (χ0v) is 17.6. The Kier molecular flexibility index (Phi) is 6.96. The Morgan fingerprint density at radius 2 is 1.74 bits per heavy atom. The van der Waals surface area contributed by atoms with Gasteiger partial charge in [-0.1, -0.05) is 49.3 Å². The fourth-order valence-electron chi connectivity index (χ4n) is 2.76. The Labute approximate surface area is 164 Å². The van der Waals surface area contributed by atoms with Crippen LogP contribution in [0.4, 0.5) is 15.6 Å². The minimum absolute atomic E-state index is 0.215. The van der Waals surface area contributed by atoms with Crippen molar-refractivity contribution >= 4 is 34.1 Å². The maximum atomic E-state index is 12.7. The highest BCUT2D eigenvalue weighted by Crippen LogP contribution is 2.26. The van der Waals surface area contributed by atoms with E-state index in [1.54, 1.807) is 6.92 Å². The zero-order valence-electron chi connectivity index (χ0n) is 16.8. The number of rotatable bonds is 6. The lowest BCUT2D eigenvalue weighted by Crippen LogP contribution is -2.32. The summed E-state index contributed by atoms with van der Waals surface area (Å²) in [5.41, 5.74) is 4.61. The fourth-order valence-corrected chi connectivity index (χ4v) is 3.62. The van der Waals surface area contributed by atoms with Gasteiger partial charge in [0.05, 0.1) is 5.69 Å². The molecule has 0 aliphatic heterocycles. The Bertz CT molecular complexity index is 821. The molecule has 1 unspecified atom stereocenters. The van der Waals surface area contributed by atoms with Crippen molar-refractivity contribution in [2.24, 2.45) is 5.92 Å². The molecule has 6 nitrogen and oxygen atoms in total. The molecule has 3 N–H and O–H groups in total. The third-order valence-corrected chi connectivity index (χ3v) is 5.52. The summed E-state index contributed by atoms with van der Waals surface area (Å²) in [6, 6.07) is 3.77. The first-order valence-corrected chi connectivity index (χ1v) is 9.94. The molecule has 7 heteroatoms. The van der Waals surface area contributed by atoms with E-state index in [1.807, 2.05) is 32.9 Å². The highest BCUT2D eigenvalue weighted by atomic mass is 32.1. The first-order valence-electron chi connectivity index (χ1n) is 9.12. The molecule has 2 rings (SSSR count). The third-order valence-electron chi connectivity index (χ3n) is 4.45. The van der Waals surface area contributed by atoms with Crippen LogP contribution in [0.15, 0.2) is 12.1 Å². The molecule has 0 aliphatic rings. The highest BCUT2D eigenvalue weighted by Gasteiger charge is 2.18. The van der Waals surface area contributed by atoms with Crippen molar-refractivity contribution in [2.75, 3.05) is 17.2 Å². The Morgan fingerprint density at radius 3 is 2.33 bits per heavy atom. The molecule has 1 aromatic heterocycles. The van der Waals surface area contributed by atoms with Gasteiger partial charge in [0.1, 0.15) is 4.88 Å². The Balaban J connectivity index is 2.07. The van der Waals surface area contributed by atoms with Gasteiger partial charge in [0.2, 0.25) is 0 Å². The van der Waals surface area contributed by atoms with E-state index in [-0.39, 0.29) is 11.9 Å². The number of hydrogen-bond acceptors (Lipinski definition) is 4. The number of carbonyl (C=O) groups is 2. The lowest BCUT2D eigenvalue weighted by molar-refractivity contribution is 0.102. The van der Waals surface area contributed by atoms with Gasteiger partial charge in [0.25, 0.3) is 5.91 Å². The second-order valence-electron chi connectivity index (χ2n) is 7.01. The van der Waals surface area contributed by atoms with Crippen molar-refractivity contribution in [1.82, 2.24) is 10.3 Å². The average Bonchev–Trinajstić information content (AvgIpc) is 2.95. The van der Waals surface area contributed by atoms with Gasteiger partial charge in [-0.05, 0) is 44.7 Å². The zero-order chi connectivity index (χ0) is 20.1. The first kappa shape index (κ1) is 20.9. The van der Waals surface area contributed by atoms with Crippen molar-refractivity contribution in [3.05, 3.63) is 39.4 Å². The lowest BCUT2D eigenvalue weighted by atomic mass is 10.1. The van der Waals surface area contributed by atoms with E-state index in [0.29, 0.717) is 28.2 Å². The third kappa shape index (κ3) is 5.53. The molecule has 0 fully saturated rings. The second kappa shape index (κ2) is 8.99. The number of thiazole rings is 1. The van der Waals surface area contributed by atoms with E-state index >= 15 is 0 Å². The molecule has 2 aromatic rings.